The molecule has 1 aliphatic rings. The van der Waals surface area contributed by atoms with Gasteiger partial charge in [0.05, 0.1) is 34.1 Å². The van der Waals surface area contributed by atoms with E-state index in [2.05, 4.69) is 20.8 Å². The average Bonchev–Trinajstić information content (AvgIpc) is 2.76. The van der Waals surface area contributed by atoms with Crippen molar-refractivity contribution < 1.29 is 30.8 Å². The van der Waals surface area contributed by atoms with Crippen molar-refractivity contribution in [2.45, 2.75) is 18.7 Å². The van der Waals surface area contributed by atoms with Gasteiger partial charge in [-0.3, -0.25) is 14.9 Å². The third kappa shape index (κ3) is 6.85. The smallest absolute Gasteiger partial charge is 0.285 e. The summed E-state index contributed by atoms with van der Waals surface area (Å²) in [5.74, 6) is -1.04. The van der Waals surface area contributed by atoms with E-state index in [0.717, 1.165) is 30.0 Å². The van der Waals surface area contributed by atoms with E-state index >= 15 is 0 Å². The first kappa shape index (κ1) is 27.4. The summed E-state index contributed by atoms with van der Waals surface area (Å²) in [6, 6.07) is 1.83. The number of nitro groups is 1. The normalized spacial score (nSPS) is 15.5. The van der Waals surface area contributed by atoms with Gasteiger partial charge in [0.2, 0.25) is 0 Å². The number of carbonyl (C=O) groups is 1. The Morgan fingerprint density at radius 2 is 1.79 bits per heavy atom. The molecule has 1 heterocycles. The molecule has 0 atom stereocenters. The number of hydrogen-bond acceptors (Lipinski definition) is 10. The minimum Gasteiger partial charge on any atom is -0.336 e. The molecule has 0 bridgehead atoms. The van der Waals surface area contributed by atoms with Crippen LogP contribution >= 0.6 is 15.9 Å². The number of nitrogens with zero attached hydrogens (tertiary/aromatic N) is 4. The summed E-state index contributed by atoms with van der Waals surface area (Å²) in [5, 5.41) is 12.8. The molecular weight excluding hydrogens is 544 g/mol. The van der Waals surface area contributed by atoms with Crippen LogP contribution in [0.1, 0.15) is 24.2 Å². The number of likely N-dealkylation sites (N-methyl/N-ethyl adjacent to an activating group) is 1. The highest BCUT2D eigenvalue weighted by Crippen LogP contribution is 2.35. The number of amides is 1. The summed E-state index contributed by atoms with van der Waals surface area (Å²) < 4.78 is 54.1. The number of sulfone groups is 1. The number of hydrogen-bond donors (Lipinski definition) is 0. The lowest BCUT2D eigenvalue weighted by Crippen LogP contribution is -2.48. The van der Waals surface area contributed by atoms with Crippen LogP contribution in [-0.2, 0) is 24.2 Å². The SMILES string of the molecule is CCN1CCN(C(=O)c2cc(N(CCBr)OS(C)(=O)=O)c(S(=O)(=O)CC)cc2[N+](=O)[O-])CC1. The number of hydroxylamine groups is 1. The Balaban J connectivity index is 2.70. The molecule has 1 fully saturated rings. The van der Waals surface area contributed by atoms with Gasteiger partial charge in [-0.05, 0) is 12.6 Å². The number of anilines is 1. The van der Waals surface area contributed by atoms with Crippen molar-refractivity contribution in [1.82, 2.24) is 9.80 Å². The van der Waals surface area contributed by atoms with E-state index < -0.39 is 47.1 Å². The number of halogens is 1. The predicted octanol–water partition coefficient (Wildman–Crippen LogP) is 1.26. The minimum atomic E-state index is -4.08. The lowest BCUT2D eigenvalue weighted by molar-refractivity contribution is -0.385. The van der Waals surface area contributed by atoms with Gasteiger partial charge >= 0.3 is 0 Å². The number of benzene rings is 1. The van der Waals surface area contributed by atoms with Crippen molar-refractivity contribution in [3.8, 4) is 0 Å². The highest BCUT2D eigenvalue weighted by molar-refractivity contribution is 9.09. The quantitative estimate of drug-likeness (QED) is 0.228. The van der Waals surface area contributed by atoms with Crippen molar-refractivity contribution in [3.05, 3.63) is 27.8 Å². The second-order valence-electron chi connectivity index (χ2n) is 7.29. The summed E-state index contributed by atoms with van der Waals surface area (Å²) in [5.41, 5.74) is -1.28. The molecule has 0 saturated carbocycles. The van der Waals surface area contributed by atoms with E-state index in [1.54, 1.807) is 0 Å². The standard InChI is InChI=1S/C18H27BrN4O8S2/c1-4-20-8-10-21(11-9-20)18(24)14-12-16(22(7-6-19)31-32(3,27)28)17(33(29,30)5-2)13-15(14)23(25)26/h12-13H,4-11H2,1-3H3. The van der Waals surface area contributed by atoms with Crippen molar-refractivity contribution in [3.63, 3.8) is 0 Å². The zero-order valence-electron chi connectivity index (χ0n) is 18.6. The highest BCUT2D eigenvalue weighted by Gasteiger charge is 2.33. The molecule has 0 aliphatic carbocycles. The molecule has 186 valence electrons. The van der Waals surface area contributed by atoms with Gasteiger partial charge in [-0.15, -0.1) is 4.28 Å². The fourth-order valence-electron chi connectivity index (χ4n) is 3.36. The third-order valence-electron chi connectivity index (χ3n) is 5.11. The van der Waals surface area contributed by atoms with Crippen LogP contribution in [0, 0.1) is 10.1 Å². The topological polar surface area (TPSA) is 147 Å². The van der Waals surface area contributed by atoms with Crippen LogP contribution in [0.4, 0.5) is 11.4 Å². The Labute approximate surface area is 201 Å². The number of piperazine rings is 1. The Hall–Kier alpha value is -1.81. The van der Waals surface area contributed by atoms with E-state index in [1.165, 1.54) is 11.8 Å². The first-order valence-corrected chi connectivity index (χ1v) is 14.7. The first-order chi connectivity index (χ1) is 15.3. The Bertz CT molecular complexity index is 1100. The fourth-order valence-corrected chi connectivity index (χ4v) is 5.24. The maximum atomic E-state index is 13.2. The number of carbonyl (C=O) groups excluding carboxylic acids is 1. The molecule has 0 aromatic heterocycles. The fraction of sp³-hybridized carbons (Fsp3) is 0.611. The summed E-state index contributed by atoms with van der Waals surface area (Å²) in [7, 11) is -8.13. The van der Waals surface area contributed by atoms with Crippen LogP contribution in [0.5, 0.6) is 0 Å². The zero-order chi connectivity index (χ0) is 25.0. The molecule has 33 heavy (non-hydrogen) atoms. The minimum absolute atomic E-state index is 0.111. The van der Waals surface area contributed by atoms with Crippen molar-refractivity contribution >= 4 is 53.2 Å². The molecule has 0 N–H and O–H groups in total. The zero-order valence-corrected chi connectivity index (χ0v) is 21.8. The molecule has 1 amide bonds. The summed E-state index contributed by atoms with van der Waals surface area (Å²) in [6.07, 6.45) is 0.785. The van der Waals surface area contributed by atoms with Gasteiger partial charge in [0.1, 0.15) is 5.56 Å². The van der Waals surface area contributed by atoms with Gasteiger partial charge in [0.25, 0.3) is 21.7 Å². The number of alkyl halides is 1. The van der Waals surface area contributed by atoms with Crippen molar-refractivity contribution in [2.75, 3.05) is 61.7 Å². The van der Waals surface area contributed by atoms with Gasteiger partial charge < -0.3 is 9.80 Å². The van der Waals surface area contributed by atoms with E-state index in [9.17, 15) is 31.7 Å². The molecule has 1 aliphatic heterocycles. The highest BCUT2D eigenvalue weighted by atomic mass is 79.9. The van der Waals surface area contributed by atoms with Crippen molar-refractivity contribution in [2.24, 2.45) is 0 Å². The van der Waals surface area contributed by atoms with Crippen LogP contribution in [0.25, 0.3) is 0 Å². The first-order valence-electron chi connectivity index (χ1n) is 10.1. The Kier molecular flexibility index (Phi) is 9.21. The number of rotatable bonds is 10. The molecule has 15 heteroatoms. The molecule has 0 spiro atoms. The summed E-state index contributed by atoms with van der Waals surface area (Å²) in [4.78, 5) is 27.3. The Morgan fingerprint density at radius 1 is 1.18 bits per heavy atom. The summed E-state index contributed by atoms with van der Waals surface area (Å²) in [6.45, 7) is 5.92. The van der Waals surface area contributed by atoms with Crippen molar-refractivity contribution in [1.29, 1.82) is 0 Å². The van der Waals surface area contributed by atoms with Gasteiger partial charge in [0.15, 0.2) is 9.84 Å². The molecule has 2 rings (SSSR count). The third-order valence-corrected chi connectivity index (χ3v) is 7.67. The second kappa shape index (κ2) is 11.1. The van der Waals surface area contributed by atoms with Crippen LogP contribution in [0.3, 0.4) is 0 Å². The maximum Gasteiger partial charge on any atom is 0.285 e. The monoisotopic (exact) mass is 570 g/mol. The largest absolute Gasteiger partial charge is 0.336 e. The molecule has 0 unspecified atom stereocenters. The van der Waals surface area contributed by atoms with Gasteiger partial charge in [-0.2, -0.15) is 8.42 Å². The van der Waals surface area contributed by atoms with Gasteiger partial charge in [0, 0.05) is 37.6 Å². The van der Waals surface area contributed by atoms with Crippen LogP contribution in [-0.4, -0.2) is 94.1 Å². The predicted molar refractivity (Wildman–Crippen MR) is 126 cm³/mol. The maximum absolute atomic E-state index is 13.2. The molecule has 1 aromatic rings. The van der Waals surface area contributed by atoms with Crippen LogP contribution in [0.15, 0.2) is 17.0 Å². The second-order valence-corrected chi connectivity index (χ2v) is 11.9. The number of nitro benzene ring substituents is 1. The van der Waals surface area contributed by atoms with E-state index in [1.807, 2.05) is 6.92 Å². The van der Waals surface area contributed by atoms with Crippen LogP contribution in [0.2, 0.25) is 0 Å². The summed E-state index contributed by atoms with van der Waals surface area (Å²) >= 11 is 3.15. The van der Waals surface area contributed by atoms with E-state index in [4.69, 9.17) is 4.28 Å². The molecule has 1 aromatic carbocycles. The molecular formula is C18H27BrN4O8S2. The lowest BCUT2D eigenvalue weighted by atomic mass is 10.1. The van der Waals surface area contributed by atoms with Gasteiger partial charge in [-0.1, -0.05) is 29.8 Å². The average molecular weight is 571 g/mol. The molecule has 12 nitrogen and oxygen atoms in total. The Morgan fingerprint density at radius 3 is 2.24 bits per heavy atom. The van der Waals surface area contributed by atoms with Gasteiger partial charge in [-0.25, -0.2) is 13.5 Å². The van der Waals surface area contributed by atoms with E-state index in [0.29, 0.717) is 26.2 Å². The van der Waals surface area contributed by atoms with Crippen LogP contribution < -0.4 is 5.06 Å². The molecule has 1 saturated heterocycles. The lowest BCUT2D eigenvalue weighted by Gasteiger charge is -2.34. The molecule has 0 radical (unpaired) electrons. The van der Waals surface area contributed by atoms with E-state index in [-0.39, 0.29) is 23.1 Å².